The van der Waals surface area contributed by atoms with Gasteiger partial charge in [-0.05, 0) is 18.6 Å². The van der Waals surface area contributed by atoms with Crippen LogP contribution in [-0.2, 0) is 0 Å². The molecule has 0 bridgehead atoms. The van der Waals surface area contributed by atoms with Crippen LogP contribution in [0.1, 0.15) is 6.42 Å². The Morgan fingerprint density at radius 2 is 2.18 bits per heavy atom. The van der Waals surface area contributed by atoms with Crippen LogP contribution in [0.4, 0.5) is 5.82 Å². The third-order valence-electron chi connectivity index (χ3n) is 3.16. The van der Waals surface area contributed by atoms with Crippen molar-refractivity contribution in [3.05, 3.63) is 34.9 Å². The molecular weight excluding hydrogens is 300 g/mol. The standard InChI is InChI=1S/C13H12BrClN2/c14-12-3-1-2-11-10(12)4-6-16-13(11)17-7-5-9(15)8-17/h1-4,6,9H,5,7-8H2. The first-order chi connectivity index (χ1) is 8.25. The molecule has 88 valence electrons. The number of nitrogens with zero attached hydrogens (tertiary/aromatic N) is 2. The molecule has 0 saturated carbocycles. The van der Waals surface area contributed by atoms with Crippen molar-refractivity contribution in [2.75, 3.05) is 18.0 Å². The Morgan fingerprint density at radius 1 is 1.29 bits per heavy atom. The Balaban J connectivity index is 2.13. The van der Waals surface area contributed by atoms with Gasteiger partial charge >= 0.3 is 0 Å². The number of rotatable bonds is 1. The second kappa shape index (κ2) is 4.46. The van der Waals surface area contributed by atoms with Gasteiger partial charge in [0.05, 0.1) is 5.38 Å². The fourth-order valence-electron chi connectivity index (χ4n) is 2.32. The lowest BCUT2D eigenvalue weighted by molar-refractivity contribution is 0.946. The molecule has 0 spiro atoms. The van der Waals surface area contributed by atoms with E-state index in [0.717, 1.165) is 29.8 Å². The molecule has 1 atom stereocenters. The van der Waals surface area contributed by atoms with E-state index in [4.69, 9.17) is 11.6 Å². The first-order valence-corrected chi connectivity index (χ1v) is 6.91. The fraction of sp³-hybridized carbons (Fsp3) is 0.308. The summed E-state index contributed by atoms with van der Waals surface area (Å²) >= 11 is 9.74. The minimum atomic E-state index is 0.249. The third kappa shape index (κ3) is 2.02. The van der Waals surface area contributed by atoms with E-state index >= 15 is 0 Å². The van der Waals surface area contributed by atoms with Crippen LogP contribution in [0.25, 0.3) is 10.8 Å². The lowest BCUT2D eigenvalue weighted by Gasteiger charge is -2.18. The van der Waals surface area contributed by atoms with E-state index in [9.17, 15) is 0 Å². The summed E-state index contributed by atoms with van der Waals surface area (Å²) in [4.78, 5) is 6.78. The number of pyridine rings is 1. The molecule has 3 rings (SSSR count). The summed E-state index contributed by atoms with van der Waals surface area (Å²) < 4.78 is 1.11. The Bertz CT molecular complexity index is 558. The quantitative estimate of drug-likeness (QED) is 0.744. The summed E-state index contributed by atoms with van der Waals surface area (Å²) in [5.41, 5.74) is 0. The molecule has 0 radical (unpaired) electrons. The lowest BCUT2D eigenvalue weighted by atomic mass is 10.1. The van der Waals surface area contributed by atoms with Gasteiger partial charge in [0.25, 0.3) is 0 Å². The van der Waals surface area contributed by atoms with E-state index in [-0.39, 0.29) is 5.38 Å². The zero-order valence-corrected chi connectivity index (χ0v) is 11.6. The van der Waals surface area contributed by atoms with Gasteiger partial charge in [0.1, 0.15) is 5.82 Å². The van der Waals surface area contributed by atoms with Crippen molar-refractivity contribution in [3.63, 3.8) is 0 Å². The highest BCUT2D eigenvalue weighted by Gasteiger charge is 2.22. The van der Waals surface area contributed by atoms with E-state index in [1.807, 2.05) is 18.3 Å². The van der Waals surface area contributed by atoms with Crippen LogP contribution in [0.15, 0.2) is 34.9 Å². The normalized spacial score (nSPS) is 20.1. The predicted octanol–water partition coefficient (Wildman–Crippen LogP) is 3.81. The maximum absolute atomic E-state index is 6.16. The lowest BCUT2D eigenvalue weighted by Crippen LogP contribution is -2.21. The van der Waals surface area contributed by atoms with Crippen LogP contribution in [0.5, 0.6) is 0 Å². The summed E-state index contributed by atoms with van der Waals surface area (Å²) in [6, 6.07) is 8.26. The topological polar surface area (TPSA) is 16.1 Å². The minimum absolute atomic E-state index is 0.249. The molecule has 1 unspecified atom stereocenters. The minimum Gasteiger partial charge on any atom is -0.355 e. The Morgan fingerprint density at radius 3 is 2.94 bits per heavy atom. The maximum Gasteiger partial charge on any atom is 0.136 e. The molecule has 1 fully saturated rings. The molecule has 1 aromatic carbocycles. The molecule has 4 heteroatoms. The molecule has 1 saturated heterocycles. The van der Waals surface area contributed by atoms with E-state index in [0.29, 0.717) is 0 Å². The van der Waals surface area contributed by atoms with Crippen LogP contribution in [0, 0.1) is 0 Å². The van der Waals surface area contributed by atoms with Gasteiger partial charge in [0.2, 0.25) is 0 Å². The molecule has 17 heavy (non-hydrogen) atoms. The number of alkyl halides is 1. The molecule has 1 aromatic heterocycles. The monoisotopic (exact) mass is 310 g/mol. The van der Waals surface area contributed by atoms with Gasteiger partial charge in [-0.3, -0.25) is 0 Å². The van der Waals surface area contributed by atoms with Crippen molar-refractivity contribution in [2.24, 2.45) is 0 Å². The van der Waals surface area contributed by atoms with Gasteiger partial charge < -0.3 is 4.90 Å². The highest BCUT2D eigenvalue weighted by molar-refractivity contribution is 9.10. The number of fused-ring (bicyclic) bond motifs is 1. The van der Waals surface area contributed by atoms with Crippen LogP contribution in [-0.4, -0.2) is 23.5 Å². The predicted molar refractivity (Wildman–Crippen MR) is 75.9 cm³/mol. The first-order valence-electron chi connectivity index (χ1n) is 5.68. The fourth-order valence-corrected chi connectivity index (χ4v) is 3.08. The number of hydrogen-bond acceptors (Lipinski definition) is 2. The van der Waals surface area contributed by atoms with Crippen molar-refractivity contribution in [3.8, 4) is 0 Å². The highest BCUT2D eigenvalue weighted by Crippen LogP contribution is 2.31. The summed E-state index contributed by atoms with van der Waals surface area (Å²) in [5.74, 6) is 1.05. The van der Waals surface area contributed by atoms with E-state index in [2.05, 4.69) is 37.9 Å². The van der Waals surface area contributed by atoms with Crippen molar-refractivity contribution < 1.29 is 0 Å². The molecule has 2 heterocycles. The number of benzene rings is 1. The zero-order chi connectivity index (χ0) is 11.8. The number of hydrogen-bond donors (Lipinski definition) is 0. The van der Waals surface area contributed by atoms with Crippen LogP contribution in [0.2, 0.25) is 0 Å². The van der Waals surface area contributed by atoms with Crippen LogP contribution < -0.4 is 4.90 Å². The average molecular weight is 312 g/mol. The Kier molecular flexibility index (Phi) is 2.97. The largest absolute Gasteiger partial charge is 0.355 e. The molecule has 0 amide bonds. The van der Waals surface area contributed by atoms with E-state index < -0.39 is 0 Å². The number of anilines is 1. The van der Waals surface area contributed by atoms with Gasteiger partial charge in [-0.1, -0.05) is 28.1 Å². The number of aromatic nitrogens is 1. The van der Waals surface area contributed by atoms with Crippen molar-refractivity contribution in [1.29, 1.82) is 0 Å². The summed E-state index contributed by atoms with van der Waals surface area (Å²) in [7, 11) is 0. The molecule has 1 aliphatic rings. The highest BCUT2D eigenvalue weighted by atomic mass is 79.9. The third-order valence-corrected chi connectivity index (χ3v) is 4.21. The van der Waals surface area contributed by atoms with Gasteiger partial charge in [-0.25, -0.2) is 4.98 Å². The number of halogens is 2. The molecule has 2 aromatic rings. The SMILES string of the molecule is ClC1CCN(c2nccc3c(Br)cccc23)C1. The molecule has 0 N–H and O–H groups in total. The maximum atomic E-state index is 6.16. The molecule has 0 aliphatic carbocycles. The van der Waals surface area contributed by atoms with Gasteiger partial charge in [-0.15, -0.1) is 11.6 Å². The second-order valence-corrected chi connectivity index (χ2v) is 5.77. The zero-order valence-electron chi connectivity index (χ0n) is 9.24. The van der Waals surface area contributed by atoms with Crippen molar-refractivity contribution in [1.82, 2.24) is 4.98 Å². The average Bonchev–Trinajstić information content (AvgIpc) is 2.76. The first kappa shape index (κ1) is 11.3. The summed E-state index contributed by atoms with van der Waals surface area (Å²) in [6.45, 7) is 1.88. The van der Waals surface area contributed by atoms with Crippen molar-refractivity contribution in [2.45, 2.75) is 11.8 Å². The van der Waals surface area contributed by atoms with E-state index in [1.165, 1.54) is 10.8 Å². The van der Waals surface area contributed by atoms with Crippen molar-refractivity contribution >= 4 is 44.1 Å². The van der Waals surface area contributed by atoms with Gasteiger partial charge in [0.15, 0.2) is 0 Å². The Hall–Kier alpha value is -0.800. The summed E-state index contributed by atoms with van der Waals surface area (Å²) in [6.07, 6.45) is 2.90. The summed E-state index contributed by atoms with van der Waals surface area (Å²) in [5, 5.41) is 2.64. The van der Waals surface area contributed by atoms with Gasteiger partial charge in [0, 0.05) is 34.5 Å². The molecule has 1 aliphatic heterocycles. The smallest absolute Gasteiger partial charge is 0.136 e. The van der Waals surface area contributed by atoms with Crippen LogP contribution >= 0.6 is 27.5 Å². The molecular formula is C13H12BrClN2. The van der Waals surface area contributed by atoms with Gasteiger partial charge in [-0.2, -0.15) is 0 Å². The molecule has 2 nitrogen and oxygen atoms in total. The second-order valence-electron chi connectivity index (χ2n) is 4.30. The Labute approximate surface area is 114 Å². The van der Waals surface area contributed by atoms with Crippen LogP contribution in [0.3, 0.4) is 0 Å². The van der Waals surface area contributed by atoms with E-state index in [1.54, 1.807) is 0 Å².